The molecule has 0 aliphatic carbocycles. The third kappa shape index (κ3) is 2.33. The van der Waals surface area contributed by atoms with Crippen LogP contribution in [0.1, 0.15) is 23.6 Å². The van der Waals surface area contributed by atoms with Gasteiger partial charge in [0.25, 0.3) is 0 Å². The minimum Gasteiger partial charge on any atom is -0.308 e. The molecule has 0 fully saturated rings. The minimum atomic E-state index is 0.729. The number of hydrogen-bond acceptors (Lipinski definition) is 2. The number of amidine groups is 1. The molecule has 3 nitrogen and oxygen atoms in total. The molecular weight excluding hydrogens is 174 g/mol. The zero-order valence-electron chi connectivity index (χ0n) is 8.96. The van der Waals surface area contributed by atoms with Gasteiger partial charge in [-0.2, -0.15) is 0 Å². The molecule has 0 aromatic heterocycles. The van der Waals surface area contributed by atoms with Crippen molar-refractivity contribution >= 4 is 5.84 Å². The summed E-state index contributed by atoms with van der Waals surface area (Å²) in [6.07, 6.45) is 0. The molecular formula is C11H17N3. The van der Waals surface area contributed by atoms with Crippen molar-refractivity contribution in [2.45, 2.75) is 20.8 Å². The van der Waals surface area contributed by atoms with Crippen LogP contribution in [0.25, 0.3) is 0 Å². The van der Waals surface area contributed by atoms with E-state index in [0.29, 0.717) is 0 Å². The van der Waals surface area contributed by atoms with E-state index < -0.39 is 0 Å². The Balaban J connectivity index is 3.15. The maximum absolute atomic E-state index is 5.43. The Morgan fingerprint density at radius 1 is 1.43 bits per heavy atom. The van der Waals surface area contributed by atoms with Crippen LogP contribution in [0.4, 0.5) is 0 Å². The maximum Gasteiger partial charge on any atom is 0.142 e. The lowest BCUT2D eigenvalue weighted by Gasteiger charge is -2.09. The summed E-state index contributed by atoms with van der Waals surface area (Å²) in [5.41, 5.74) is 6.11. The van der Waals surface area contributed by atoms with Gasteiger partial charge in [0.2, 0.25) is 0 Å². The first kappa shape index (κ1) is 10.7. The summed E-state index contributed by atoms with van der Waals surface area (Å²) in [6, 6.07) is 6.25. The predicted octanol–water partition coefficient (Wildman–Crippen LogP) is 1.53. The van der Waals surface area contributed by atoms with Crippen molar-refractivity contribution in [3.8, 4) is 0 Å². The van der Waals surface area contributed by atoms with Gasteiger partial charge in [0.15, 0.2) is 0 Å². The fourth-order valence-electron chi connectivity index (χ4n) is 1.36. The zero-order valence-corrected chi connectivity index (χ0v) is 8.96. The predicted molar refractivity (Wildman–Crippen MR) is 60.3 cm³/mol. The molecule has 0 amide bonds. The second-order valence-corrected chi connectivity index (χ2v) is 3.29. The third-order valence-electron chi connectivity index (χ3n) is 2.10. The van der Waals surface area contributed by atoms with E-state index in [1.807, 2.05) is 6.92 Å². The summed E-state index contributed by atoms with van der Waals surface area (Å²) >= 11 is 0. The number of hydrazine groups is 1. The van der Waals surface area contributed by atoms with E-state index in [1.165, 1.54) is 11.1 Å². The normalized spacial score (nSPS) is 11.6. The van der Waals surface area contributed by atoms with Gasteiger partial charge in [0, 0.05) is 12.1 Å². The number of hydrogen-bond donors (Lipinski definition) is 2. The summed E-state index contributed by atoms with van der Waals surface area (Å²) in [5.74, 6) is 6.19. The molecule has 0 spiro atoms. The van der Waals surface area contributed by atoms with Gasteiger partial charge in [-0.15, -0.1) is 0 Å². The van der Waals surface area contributed by atoms with Crippen LogP contribution in [0.3, 0.4) is 0 Å². The van der Waals surface area contributed by atoms with Crippen LogP contribution in [0, 0.1) is 13.8 Å². The molecule has 0 unspecified atom stereocenters. The van der Waals surface area contributed by atoms with Crippen LogP contribution in [0.15, 0.2) is 23.2 Å². The third-order valence-corrected chi connectivity index (χ3v) is 2.10. The monoisotopic (exact) mass is 191 g/mol. The van der Waals surface area contributed by atoms with Crippen molar-refractivity contribution in [2.75, 3.05) is 6.54 Å². The molecule has 76 valence electrons. The Morgan fingerprint density at radius 2 is 2.14 bits per heavy atom. The second-order valence-electron chi connectivity index (χ2n) is 3.29. The van der Waals surface area contributed by atoms with Gasteiger partial charge >= 0.3 is 0 Å². The molecule has 14 heavy (non-hydrogen) atoms. The molecule has 0 aliphatic heterocycles. The topological polar surface area (TPSA) is 50.4 Å². The van der Waals surface area contributed by atoms with Gasteiger partial charge in [0.1, 0.15) is 5.84 Å². The molecule has 1 aromatic rings. The van der Waals surface area contributed by atoms with Crippen molar-refractivity contribution in [3.63, 3.8) is 0 Å². The number of benzene rings is 1. The molecule has 3 heteroatoms. The van der Waals surface area contributed by atoms with E-state index in [2.05, 4.69) is 42.5 Å². The molecule has 0 aliphatic rings. The summed E-state index contributed by atoms with van der Waals surface area (Å²) in [5, 5.41) is 0. The fourth-order valence-corrected chi connectivity index (χ4v) is 1.36. The molecule has 0 atom stereocenters. The van der Waals surface area contributed by atoms with Gasteiger partial charge < -0.3 is 5.43 Å². The Labute approximate surface area is 85.0 Å². The average molecular weight is 191 g/mol. The highest BCUT2D eigenvalue weighted by Crippen LogP contribution is 2.10. The van der Waals surface area contributed by atoms with Crippen molar-refractivity contribution in [1.82, 2.24) is 5.43 Å². The number of nitrogens with one attached hydrogen (secondary N) is 1. The maximum atomic E-state index is 5.43. The van der Waals surface area contributed by atoms with Crippen molar-refractivity contribution in [3.05, 3.63) is 34.9 Å². The molecule has 0 saturated heterocycles. The first-order valence-corrected chi connectivity index (χ1v) is 4.77. The average Bonchev–Trinajstić information content (AvgIpc) is 2.18. The Kier molecular flexibility index (Phi) is 3.65. The van der Waals surface area contributed by atoms with E-state index in [0.717, 1.165) is 17.9 Å². The standard InChI is InChI=1S/C11H17N3/c1-4-13-11(14-12)10-7-8(2)5-6-9(10)3/h5-7H,4,12H2,1-3H3,(H,13,14). The highest BCUT2D eigenvalue weighted by molar-refractivity contribution is 5.99. The van der Waals surface area contributed by atoms with Gasteiger partial charge in [-0.1, -0.05) is 17.7 Å². The Bertz CT molecular complexity index is 342. The lowest BCUT2D eigenvalue weighted by molar-refractivity contribution is 0.989. The first-order valence-electron chi connectivity index (χ1n) is 4.77. The van der Waals surface area contributed by atoms with Crippen LogP contribution < -0.4 is 11.3 Å². The zero-order chi connectivity index (χ0) is 10.6. The molecule has 0 saturated carbocycles. The Hall–Kier alpha value is -1.35. The number of nitrogens with two attached hydrogens (primary N) is 1. The van der Waals surface area contributed by atoms with Crippen LogP contribution >= 0.6 is 0 Å². The molecule has 0 bridgehead atoms. The van der Waals surface area contributed by atoms with Crippen molar-refractivity contribution in [1.29, 1.82) is 0 Å². The first-order chi connectivity index (χ1) is 6.69. The Morgan fingerprint density at radius 3 is 2.71 bits per heavy atom. The van der Waals surface area contributed by atoms with Gasteiger partial charge in [-0.3, -0.25) is 4.99 Å². The van der Waals surface area contributed by atoms with E-state index in [1.54, 1.807) is 0 Å². The van der Waals surface area contributed by atoms with Crippen LogP contribution in [0.5, 0.6) is 0 Å². The summed E-state index contributed by atoms with van der Waals surface area (Å²) < 4.78 is 0. The van der Waals surface area contributed by atoms with Crippen LogP contribution in [-0.4, -0.2) is 12.4 Å². The number of rotatable bonds is 2. The summed E-state index contributed by atoms with van der Waals surface area (Å²) in [7, 11) is 0. The van der Waals surface area contributed by atoms with E-state index in [4.69, 9.17) is 5.84 Å². The lowest BCUT2D eigenvalue weighted by Crippen LogP contribution is -2.31. The van der Waals surface area contributed by atoms with E-state index in [-0.39, 0.29) is 0 Å². The number of aliphatic imine (C=N–C) groups is 1. The highest BCUT2D eigenvalue weighted by Gasteiger charge is 2.04. The molecule has 3 N–H and O–H groups in total. The van der Waals surface area contributed by atoms with Gasteiger partial charge in [0.05, 0.1) is 0 Å². The van der Waals surface area contributed by atoms with Gasteiger partial charge in [-0.05, 0) is 32.4 Å². The van der Waals surface area contributed by atoms with Crippen LogP contribution in [-0.2, 0) is 0 Å². The summed E-state index contributed by atoms with van der Waals surface area (Å²) in [6.45, 7) is 6.83. The SMILES string of the molecule is CCN=C(NN)c1cc(C)ccc1C. The molecule has 0 heterocycles. The quantitative estimate of drug-likeness (QED) is 0.322. The highest BCUT2D eigenvalue weighted by atomic mass is 15.2. The van der Waals surface area contributed by atoms with E-state index in [9.17, 15) is 0 Å². The number of nitrogens with zero attached hydrogens (tertiary/aromatic N) is 1. The minimum absolute atomic E-state index is 0.729. The molecule has 1 rings (SSSR count). The van der Waals surface area contributed by atoms with E-state index >= 15 is 0 Å². The smallest absolute Gasteiger partial charge is 0.142 e. The number of aryl methyl sites for hydroxylation is 2. The molecule has 0 radical (unpaired) electrons. The van der Waals surface area contributed by atoms with Crippen LogP contribution in [0.2, 0.25) is 0 Å². The fraction of sp³-hybridized carbons (Fsp3) is 0.364. The van der Waals surface area contributed by atoms with Crippen molar-refractivity contribution < 1.29 is 0 Å². The lowest BCUT2D eigenvalue weighted by atomic mass is 10.1. The second kappa shape index (κ2) is 4.77. The largest absolute Gasteiger partial charge is 0.308 e. The molecule has 1 aromatic carbocycles. The summed E-state index contributed by atoms with van der Waals surface area (Å²) in [4.78, 5) is 4.30. The van der Waals surface area contributed by atoms with Gasteiger partial charge in [-0.25, -0.2) is 5.84 Å². The van der Waals surface area contributed by atoms with Crippen molar-refractivity contribution in [2.24, 2.45) is 10.8 Å².